The fraction of sp³-hybridized carbons (Fsp3) is 0.104. The molecular weight excluding hydrogens is 635 g/mol. The van der Waals surface area contributed by atoms with E-state index >= 15 is 0 Å². The number of anilines is 2. The van der Waals surface area contributed by atoms with Gasteiger partial charge in [-0.1, -0.05) is 123 Å². The number of para-hydroxylation sites is 3. The molecule has 4 heteroatoms. The van der Waals surface area contributed by atoms with E-state index in [-0.39, 0.29) is 5.41 Å². The van der Waals surface area contributed by atoms with E-state index in [1.54, 1.807) is 0 Å². The van der Waals surface area contributed by atoms with Gasteiger partial charge in [-0.05, 0) is 79.6 Å². The zero-order valence-corrected chi connectivity index (χ0v) is 29.7. The summed E-state index contributed by atoms with van der Waals surface area (Å²) >= 11 is 0. The van der Waals surface area contributed by atoms with Crippen LogP contribution in [0, 0.1) is 12.1 Å². The van der Waals surface area contributed by atoms with Crippen LogP contribution in [0.2, 0.25) is 0 Å². The SMILES string of the molecule is C/C=C\C1=C(C)N(c2cc(-c3c(-c4ccccc4)nn(-c4ccccc4)c3-c3cc#ccc3)c3oc4ccccc4c3c2)c2ccccc2C1(C)C. The highest BCUT2D eigenvalue weighted by Crippen LogP contribution is 2.52. The molecule has 3 heterocycles. The Bertz CT molecular complexity index is 2660. The average Bonchev–Trinajstić information content (AvgIpc) is 3.77. The van der Waals surface area contributed by atoms with Crippen molar-refractivity contribution in [1.29, 1.82) is 0 Å². The van der Waals surface area contributed by atoms with Crippen molar-refractivity contribution in [3.63, 3.8) is 0 Å². The summed E-state index contributed by atoms with van der Waals surface area (Å²) in [6.07, 6.45) is 4.42. The van der Waals surface area contributed by atoms with Gasteiger partial charge in [-0.15, -0.1) is 0 Å². The highest BCUT2D eigenvalue weighted by Gasteiger charge is 2.37. The van der Waals surface area contributed by atoms with E-state index in [9.17, 15) is 0 Å². The molecule has 2 aromatic heterocycles. The molecule has 0 fully saturated rings. The van der Waals surface area contributed by atoms with Crippen LogP contribution in [0.4, 0.5) is 11.4 Å². The third-order valence-corrected chi connectivity index (χ3v) is 10.4. The molecule has 1 aliphatic rings. The summed E-state index contributed by atoms with van der Waals surface area (Å²) in [5, 5.41) is 7.56. The fourth-order valence-electron chi connectivity index (χ4n) is 8.04. The Morgan fingerprint density at radius 2 is 1.46 bits per heavy atom. The molecule has 52 heavy (non-hydrogen) atoms. The maximum Gasteiger partial charge on any atom is 0.143 e. The Morgan fingerprint density at radius 3 is 2.23 bits per heavy atom. The summed E-state index contributed by atoms with van der Waals surface area (Å²) in [4.78, 5) is 2.43. The number of rotatable bonds is 6. The molecule has 0 radical (unpaired) electrons. The average molecular weight is 672 g/mol. The predicted octanol–water partition coefficient (Wildman–Crippen LogP) is 12.7. The van der Waals surface area contributed by atoms with Gasteiger partial charge < -0.3 is 9.32 Å². The first-order valence-corrected chi connectivity index (χ1v) is 17.8. The highest BCUT2D eigenvalue weighted by molar-refractivity contribution is 6.14. The van der Waals surface area contributed by atoms with E-state index in [2.05, 4.69) is 171 Å². The Hall–Kier alpha value is -6.57. The van der Waals surface area contributed by atoms with Gasteiger partial charge in [-0.25, -0.2) is 4.68 Å². The largest absolute Gasteiger partial charge is 0.455 e. The van der Waals surface area contributed by atoms with Gasteiger partial charge in [0.15, 0.2) is 0 Å². The number of benzene rings is 5. The monoisotopic (exact) mass is 671 g/mol. The van der Waals surface area contributed by atoms with Crippen LogP contribution < -0.4 is 4.90 Å². The molecule has 4 nitrogen and oxygen atoms in total. The maximum atomic E-state index is 6.87. The smallest absolute Gasteiger partial charge is 0.143 e. The molecular formula is C48H37N3O. The first-order valence-electron chi connectivity index (χ1n) is 17.8. The summed E-state index contributed by atoms with van der Waals surface area (Å²) in [7, 11) is 0. The van der Waals surface area contributed by atoms with Crippen LogP contribution in [0.25, 0.3) is 61.3 Å². The van der Waals surface area contributed by atoms with Crippen LogP contribution >= 0.6 is 0 Å². The second kappa shape index (κ2) is 12.3. The molecule has 0 atom stereocenters. The topological polar surface area (TPSA) is 34.2 Å². The van der Waals surface area contributed by atoms with Gasteiger partial charge in [0.25, 0.3) is 0 Å². The molecule has 6 aromatic carbocycles. The molecule has 0 N–H and O–H groups in total. The van der Waals surface area contributed by atoms with Gasteiger partial charge in [-0.2, -0.15) is 5.10 Å². The van der Waals surface area contributed by atoms with Gasteiger partial charge in [-0.3, -0.25) is 0 Å². The molecule has 9 rings (SSSR count). The summed E-state index contributed by atoms with van der Waals surface area (Å²) in [5.74, 6) is 0. The highest BCUT2D eigenvalue weighted by atomic mass is 16.3. The fourth-order valence-corrected chi connectivity index (χ4v) is 8.04. The maximum absolute atomic E-state index is 6.87. The van der Waals surface area contributed by atoms with Gasteiger partial charge in [0.2, 0.25) is 0 Å². The van der Waals surface area contributed by atoms with Crippen LogP contribution in [0.1, 0.15) is 33.3 Å². The van der Waals surface area contributed by atoms with Crippen LogP contribution in [0.15, 0.2) is 167 Å². The van der Waals surface area contributed by atoms with Crippen molar-refractivity contribution in [1.82, 2.24) is 9.78 Å². The van der Waals surface area contributed by atoms with Crippen molar-refractivity contribution >= 4 is 33.3 Å². The lowest BCUT2D eigenvalue weighted by Gasteiger charge is -2.42. The van der Waals surface area contributed by atoms with E-state index in [4.69, 9.17) is 9.52 Å². The number of hydrogen-bond donors (Lipinski definition) is 0. The molecule has 0 spiro atoms. The van der Waals surface area contributed by atoms with E-state index in [1.807, 2.05) is 30.3 Å². The van der Waals surface area contributed by atoms with Crippen molar-refractivity contribution in [2.24, 2.45) is 0 Å². The molecule has 0 saturated heterocycles. The van der Waals surface area contributed by atoms with Crippen LogP contribution in [0.5, 0.6) is 0 Å². The van der Waals surface area contributed by atoms with Crippen molar-refractivity contribution in [3.8, 4) is 39.3 Å². The molecule has 8 aromatic rings. The minimum Gasteiger partial charge on any atom is -0.455 e. The van der Waals surface area contributed by atoms with Gasteiger partial charge in [0.1, 0.15) is 16.9 Å². The first-order chi connectivity index (χ1) is 25.5. The van der Waals surface area contributed by atoms with Crippen molar-refractivity contribution in [2.75, 3.05) is 4.90 Å². The Labute approximate surface area is 304 Å². The summed E-state index contributed by atoms with van der Waals surface area (Å²) in [5.41, 5.74) is 14.2. The number of furan rings is 1. The zero-order chi connectivity index (χ0) is 35.4. The summed E-state index contributed by atoms with van der Waals surface area (Å²) in [6, 6.07) is 54.9. The van der Waals surface area contributed by atoms with Gasteiger partial charge in [0.05, 0.1) is 11.4 Å². The summed E-state index contributed by atoms with van der Waals surface area (Å²) in [6.45, 7) is 8.99. The predicted molar refractivity (Wildman–Crippen MR) is 214 cm³/mol. The number of allylic oxidation sites excluding steroid dienone is 4. The van der Waals surface area contributed by atoms with Crippen molar-refractivity contribution in [2.45, 2.75) is 33.1 Å². The van der Waals surface area contributed by atoms with Crippen LogP contribution in [-0.2, 0) is 5.41 Å². The minimum atomic E-state index is -0.176. The molecule has 250 valence electrons. The van der Waals surface area contributed by atoms with E-state index in [0.29, 0.717) is 0 Å². The third-order valence-electron chi connectivity index (χ3n) is 10.4. The standard InChI is InChI=1S/C48H37N3O/c1-5-19-40-32(2)50(42-28-17-16-27-41(42)48(40,3)4)36-30-38-37-26-15-18-29-43(37)52-47(38)39(31-36)44-45(33-20-9-6-10-21-33)49-51(35-24-13-8-14-25-35)46(44)34-22-11-7-12-23-34/h5-6,8-11,13-31H,1-4H3/b19-5-. The van der Waals surface area contributed by atoms with Crippen molar-refractivity contribution < 1.29 is 4.42 Å². The Kier molecular flexibility index (Phi) is 7.45. The van der Waals surface area contributed by atoms with Gasteiger partial charge in [0, 0.05) is 55.5 Å². The molecule has 1 aliphatic heterocycles. The second-order valence-corrected chi connectivity index (χ2v) is 13.9. The number of nitrogens with zero attached hydrogens (tertiary/aromatic N) is 3. The molecule has 0 aliphatic carbocycles. The first kappa shape index (κ1) is 31.4. The quantitative estimate of drug-likeness (QED) is 0.176. The normalized spacial score (nSPS) is 14.0. The lowest BCUT2D eigenvalue weighted by Crippen LogP contribution is -2.33. The van der Waals surface area contributed by atoms with Crippen LogP contribution in [0.3, 0.4) is 0 Å². The van der Waals surface area contributed by atoms with E-state index < -0.39 is 0 Å². The molecule has 0 bridgehead atoms. The number of fused-ring (bicyclic) bond motifs is 4. The molecule has 0 saturated carbocycles. The second-order valence-electron chi connectivity index (χ2n) is 13.9. The van der Waals surface area contributed by atoms with Gasteiger partial charge >= 0.3 is 0 Å². The number of aromatic nitrogens is 2. The third kappa shape index (κ3) is 4.89. The number of hydrogen-bond acceptors (Lipinski definition) is 3. The summed E-state index contributed by atoms with van der Waals surface area (Å²) < 4.78 is 8.94. The minimum absolute atomic E-state index is 0.176. The molecule has 0 amide bonds. The lowest BCUT2D eigenvalue weighted by atomic mass is 9.73. The lowest BCUT2D eigenvalue weighted by molar-refractivity contribution is 0.617. The van der Waals surface area contributed by atoms with Crippen molar-refractivity contribution in [3.05, 3.63) is 181 Å². The zero-order valence-electron chi connectivity index (χ0n) is 29.7. The molecule has 0 unspecified atom stereocenters. The Morgan fingerprint density at radius 1 is 0.731 bits per heavy atom. The van der Waals surface area contributed by atoms with Crippen LogP contribution in [-0.4, -0.2) is 9.78 Å². The van der Waals surface area contributed by atoms with E-state index in [1.165, 1.54) is 22.5 Å². The Balaban J connectivity index is 1.45. The van der Waals surface area contributed by atoms with E-state index in [0.717, 1.165) is 67.0 Å².